The normalized spacial score (nSPS) is 11.7. The fraction of sp³-hybridized carbons (Fsp3) is 0.150. The van der Waals surface area contributed by atoms with Gasteiger partial charge in [-0.1, -0.05) is 11.6 Å². The Hall–Kier alpha value is -3.19. The molecule has 3 aromatic rings. The summed E-state index contributed by atoms with van der Waals surface area (Å²) in [5, 5.41) is 1.24. The summed E-state index contributed by atoms with van der Waals surface area (Å²) in [4.78, 5) is 28.9. The average molecular weight is 402 g/mol. The van der Waals surface area contributed by atoms with Crippen molar-refractivity contribution in [1.82, 2.24) is 15.8 Å². The smallest absolute Gasteiger partial charge is 0.279 e. The van der Waals surface area contributed by atoms with Crippen molar-refractivity contribution in [2.45, 2.75) is 20.0 Å². The predicted molar refractivity (Wildman–Crippen MR) is 104 cm³/mol. The van der Waals surface area contributed by atoms with E-state index in [0.29, 0.717) is 32.9 Å². The van der Waals surface area contributed by atoms with Gasteiger partial charge in [-0.15, -0.1) is 0 Å². The summed E-state index contributed by atoms with van der Waals surface area (Å²) in [5.74, 6) is -1.15. The number of nitrogens with one attached hydrogen (secondary N) is 2. The van der Waals surface area contributed by atoms with Crippen LogP contribution in [-0.2, 0) is 4.79 Å². The third kappa shape index (κ3) is 4.55. The molecule has 1 aromatic heterocycles. The Morgan fingerprint density at radius 2 is 1.82 bits per heavy atom. The number of hydrogen-bond acceptors (Lipinski definition) is 4. The number of rotatable bonds is 4. The maximum atomic E-state index is 12.9. The Morgan fingerprint density at radius 1 is 1.11 bits per heavy atom. The Kier molecular flexibility index (Phi) is 5.75. The van der Waals surface area contributed by atoms with E-state index in [1.54, 1.807) is 31.2 Å². The minimum atomic E-state index is -0.902. The number of aromatic nitrogens is 1. The molecule has 6 nitrogen and oxygen atoms in total. The Balaban J connectivity index is 1.64. The van der Waals surface area contributed by atoms with Crippen LogP contribution in [0.5, 0.6) is 5.75 Å². The quantitative estimate of drug-likeness (QED) is 0.655. The van der Waals surface area contributed by atoms with Gasteiger partial charge in [-0.3, -0.25) is 25.4 Å². The predicted octanol–water partition coefficient (Wildman–Crippen LogP) is 3.56. The molecule has 2 amide bonds. The molecule has 0 aliphatic rings. The van der Waals surface area contributed by atoms with E-state index in [1.807, 2.05) is 0 Å². The molecule has 0 saturated carbocycles. The van der Waals surface area contributed by atoms with Gasteiger partial charge in [0.1, 0.15) is 11.6 Å². The third-order valence-corrected chi connectivity index (χ3v) is 4.24. The van der Waals surface area contributed by atoms with Crippen LogP contribution in [0.2, 0.25) is 5.02 Å². The summed E-state index contributed by atoms with van der Waals surface area (Å²) in [6.07, 6.45) is -0.902. The van der Waals surface area contributed by atoms with Crippen molar-refractivity contribution in [2.24, 2.45) is 0 Å². The lowest BCUT2D eigenvalue weighted by molar-refractivity contribution is -0.128. The van der Waals surface area contributed by atoms with Crippen LogP contribution in [0.4, 0.5) is 4.39 Å². The van der Waals surface area contributed by atoms with E-state index in [9.17, 15) is 14.0 Å². The van der Waals surface area contributed by atoms with Crippen molar-refractivity contribution < 1.29 is 18.7 Å². The van der Waals surface area contributed by atoms with Gasteiger partial charge in [-0.25, -0.2) is 4.39 Å². The number of halogens is 2. The SMILES string of the molecule is Cc1nc2ccc(Cl)cc2cc1C(=O)NNC(=O)C(C)Oc1ccc(F)cc1. The Morgan fingerprint density at radius 3 is 2.54 bits per heavy atom. The second kappa shape index (κ2) is 8.22. The van der Waals surface area contributed by atoms with Crippen LogP contribution in [0, 0.1) is 12.7 Å². The summed E-state index contributed by atoms with van der Waals surface area (Å²) < 4.78 is 18.3. The first-order valence-electron chi connectivity index (χ1n) is 8.43. The first-order chi connectivity index (χ1) is 13.3. The third-order valence-electron chi connectivity index (χ3n) is 4.01. The molecule has 0 bridgehead atoms. The lowest BCUT2D eigenvalue weighted by Gasteiger charge is -2.15. The van der Waals surface area contributed by atoms with Gasteiger partial charge in [-0.05, 0) is 62.4 Å². The lowest BCUT2D eigenvalue weighted by atomic mass is 10.1. The number of amides is 2. The second-order valence-corrected chi connectivity index (χ2v) is 6.55. The molecule has 2 aromatic carbocycles. The molecule has 0 saturated heterocycles. The van der Waals surface area contributed by atoms with Gasteiger partial charge < -0.3 is 4.74 Å². The molecule has 144 valence electrons. The van der Waals surface area contributed by atoms with Crippen molar-refractivity contribution >= 4 is 34.3 Å². The zero-order chi connectivity index (χ0) is 20.3. The van der Waals surface area contributed by atoms with Gasteiger partial charge in [-0.2, -0.15) is 0 Å². The van der Waals surface area contributed by atoms with E-state index in [1.165, 1.54) is 31.2 Å². The monoisotopic (exact) mass is 401 g/mol. The average Bonchev–Trinajstić information content (AvgIpc) is 2.67. The van der Waals surface area contributed by atoms with Gasteiger partial charge >= 0.3 is 0 Å². The number of aryl methyl sites for hydroxylation is 1. The minimum Gasteiger partial charge on any atom is -0.481 e. The molecule has 0 aliphatic heterocycles. The highest BCUT2D eigenvalue weighted by Gasteiger charge is 2.17. The summed E-state index contributed by atoms with van der Waals surface area (Å²) in [7, 11) is 0. The van der Waals surface area contributed by atoms with E-state index >= 15 is 0 Å². The minimum absolute atomic E-state index is 0.308. The van der Waals surface area contributed by atoms with E-state index in [4.69, 9.17) is 16.3 Å². The number of carbonyl (C=O) groups is 2. The topological polar surface area (TPSA) is 80.3 Å². The summed E-state index contributed by atoms with van der Waals surface area (Å²) in [6.45, 7) is 3.21. The molecule has 1 unspecified atom stereocenters. The number of ether oxygens (including phenoxy) is 1. The number of hydrogen-bond donors (Lipinski definition) is 2. The highest BCUT2D eigenvalue weighted by molar-refractivity contribution is 6.31. The number of nitrogens with zero attached hydrogens (tertiary/aromatic N) is 1. The zero-order valence-electron chi connectivity index (χ0n) is 15.1. The number of benzene rings is 2. The molecule has 0 fully saturated rings. The number of pyridine rings is 1. The van der Waals surface area contributed by atoms with Gasteiger partial charge in [0.25, 0.3) is 11.8 Å². The van der Waals surface area contributed by atoms with Gasteiger partial charge in [0.15, 0.2) is 6.10 Å². The van der Waals surface area contributed by atoms with Crippen LogP contribution in [0.3, 0.4) is 0 Å². The molecule has 0 spiro atoms. The Bertz CT molecular complexity index is 1040. The molecule has 1 atom stereocenters. The molecule has 0 radical (unpaired) electrons. The van der Waals surface area contributed by atoms with Crippen molar-refractivity contribution in [3.05, 3.63) is 70.6 Å². The van der Waals surface area contributed by atoms with E-state index in [0.717, 1.165) is 0 Å². The molecule has 8 heteroatoms. The molecule has 28 heavy (non-hydrogen) atoms. The molecule has 0 aliphatic carbocycles. The van der Waals surface area contributed by atoms with Crippen LogP contribution < -0.4 is 15.6 Å². The largest absolute Gasteiger partial charge is 0.481 e. The summed E-state index contributed by atoms with van der Waals surface area (Å²) in [5.41, 5.74) is 6.18. The second-order valence-electron chi connectivity index (χ2n) is 6.12. The molecule has 1 heterocycles. The summed E-state index contributed by atoms with van der Waals surface area (Å²) in [6, 6.07) is 12.1. The van der Waals surface area contributed by atoms with Crippen LogP contribution in [0.15, 0.2) is 48.5 Å². The molecular formula is C20H17ClFN3O3. The lowest BCUT2D eigenvalue weighted by Crippen LogP contribution is -2.47. The standard InChI is InChI=1S/C20H17ClFN3O3/c1-11-17(10-13-9-14(21)3-8-18(13)23-11)20(27)25-24-19(26)12(2)28-16-6-4-15(22)5-7-16/h3-10,12H,1-2H3,(H,24,26)(H,25,27). The van der Waals surface area contributed by atoms with Crippen molar-refractivity contribution in [1.29, 1.82) is 0 Å². The Labute approximate surface area is 165 Å². The van der Waals surface area contributed by atoms with Gasteiger partial charge in [0.2, 0.25) is 0 Å². The zero-order valence-corrected chi connectivity index (χ0v) is 15.9. The first kappa shape index (κ1) is 19.6. The number of hydrazine groups is 1. The van der Waals surface area contributed by atoms with Gasteiger partial charge in [0, 0.05) is 10.4 Å². The van der Waals surface area contributed by atoms with E-state index in [-0.39, 0.29) is 0 Å². The van der Waals surface area contributed by atoms with Crippen molar-refractivity contribution in [3.63, 3.8) is 0 Å². The fourth-order valence-electron chi connectivity index (χ4n) is 2.53. The van der Waals surface area contributed by atoms with E-state index < -0.39 is 23.7 Å². The fourth-order valence-corrected chi connectivity index (χ4v) is 2.71. The van der Waals surface area contributed by atoms with Crippen LogP contribution in [0.25, 0.3) is 10.9 Å². The number of carbonyl (C=O) groups excluding carboxylic acids is 2. The molecule has 3 rings (SSSR count). The molecular weight excluding hydrogens is 385 g/mol. The molecule has 2 N–H and O–H groups in total. The first-order valence-corrected chi connectivity index (χ1v) is 8.80. The highest BCUT2D eigenvalue weighted by Crippen LogP contribution is 2.20. The van der Waals surface area contributed by atoms with E-state index in [2.05, 4.69) is 15.8 Å². The highest BCUT2D eigenvalue weighted by atomic mass is 35.5. The van der Waals surface area contributed by atoms with Crippen LogP contribution in [0.1, 0.15) is 23.0 Å². The maximum absolute atomic E-state index is 12.9. The van der Waals surface area contributed by atoms with Crippen molar-refractivity contribution in [2.75, 3.05) is 0 Å². The van der Waals surface area contributed by atoms with Crippen LogP contribution >= 0.6 is 11.6 Å². The van der Waals surface area contributed by atoms with Crippen molar-refractivity contribution in [3.8, 4) is 5.75 Å². The van der Waals surface area contributed by atoms with Gasteiger partial charge in [0.05, 0.1) is 16.8 Å². The summed E-state index contributed by atoms with van der Waals surface area (Å²) >= 11 is 5.98. The number of fused-ring (bicyclic) bond motifs is 1. The van der Waals surface area contributed by atoms with Crippen LogP contribution in [-0.4, -0.2) is 22.9 Å². The maximum Gasteiger partial charge on any atom is 0.279 e.